The van der Waals surface area contributed by atoms with Gasteiger partial charge < -0.3 is 15.2 Å². The highest BCUT2D eigenvalue weighted by Crippen LogP contribution is 2.38. The molecule has 0 spiro atoms. The Hall–Kier alpha value is -1.36. The van der Waals surface area contributed by atoms with Gasteiger partial charge in [0, 0.05) is 31.1 Å². The summed E-state index contributed by atoms with van der Waals surface area (Å²) in [4.78, 5) is 21.5. The van der Waals surface area contributed by atoms with Crippen LogP contribution in [0.4, 0.5) is 5.82 Å². The second-order valence-corrected chi connectivity index (χ2v) is 5.61. The van der Waals surface area contributed by atoms with Crippen LogP contribution in [0.3, 0.4) is 0 Å². The highest BCUT2D eigenvalue weighted by atomic mass is 16.1. The average molecular weight is 262 g/mol. The van der Waals surface area contributed by atoms with Crippen LogP contribution in [0.5, 0.6) is 0 Å². The number of aromatic nitrogens is 2. The Morgan fingerprint density at radius 1 is 1.47 bits per heavy atom. The molecule has 2 aliphatic rings. The van der Waals surface area contributed by atoms with Crippen molar-refractivity contribution in [3.05, 3.63) is 22.2 Å². The zero-order valence-corrected chi connectivity index (χ0v) is 11.5. The monoisotopic (exact) mass is 262 g/mol. The molecule has 104 valence electrons. The molecule has 3 rings (SSSR count). The van der Waals surface area contributed by atoms with Crippen molar-refractivity contribution in [2.24, 2.45) is 0 Å². The van der Waals surface area contributed by atoms with E-state index >= 15 is 0 Å². The first-order valence-electron chi connectivity index (χ1n) is 7.36. The standard InChI is InChI=1S/C14H22N4O/c1-2-15-11-4-3-7-18(9-11)12-8-13(19)17-14(16-12)10-5-6-10/h8,10-11,15H,2-7,9H2,1H3,(H,16,17,19). The Morgan fingerprint density at radius 2 is 2.32 bits per heavy atom. The smallest absolute Gasteiger partial charge is 0.252 e. The Kier molecular flexibility index (Phi) is 3.55. The van der Waals surface area contributed by atoms with E-state index in [1.807, 2.05) is 0 Å². The van der Waals surface area contributed by atoms with Gasteiger partial charge in [0.15, 0.2) is 0 Å². The first-order valence-corrected chi connectivity index (χ1v) is 7.36. The number of nitrogens with one attached hydrogen (secondary N) is 2. The first kappa shape index (κ1) is 12.7. The molecule has 1 saturated carbocycles. The van der Waals surface area contributed by atoms with Crippen LogP contribution in [0.1, 0.15) is 44.3 Å². The Bertz CT molecular complexity index is 492. The second-order valence-electron chi connectivity index (χ2n) is 5.61. The molecule has 1 aromatic heterocycles. The maximum atomic E-state index is 11.8. The highest BCUT2D eigenvalue weighted by Gasteiger charge is 2.28. The topological polar surface area (TPSA) is 61.0 Å². The minimum Gasteiger partial charge on any atom is -0.355 e. The Labute approximate surface area is 113 Å². The molecule has 0 bridgehead atoms. The maximum absolute atomic E-state index is 11.8. The van der Waals surface area contributed by atoms with Gasteiger partial charge in [-0.05, 0) is 32.2 Å². The van der Waals surface area contributed by atoms with Crippen molar-refractivity contribution in [3.63, 3.8) is 0 Å². The fourth-order valence-electron chi connectivity index (χ4n) is 2.82. The predicted octanol–water partition coefficient (Wildman–Crippen LogP) is 1.23. The summed E-state index contributed by atoms with van der Waals surface area (Å²) in [5, 5.41) is 3.49. The van der Waals surface area contributed by atoms with Crippen molar-refractivity contribution < 1.29 is 0 Å². The van der Waals surface area contributed by atoms with Gasteiger partial charge in [0.1, 0.15) is 11.6 Å². The third-order valence-electron chi connectivity index (χ3n) is 3.95. The summed E-state index contributed by atoms with van der Waals surface area (Å²) in [5.74, 6) is 2.23. The molecule has 0 radical (unpaired) electrons. The molecule has 5 nitrogen and oxygen atoms in total. The summed E-state index contributed by atoms with van der Waals surface area (Å²) in [7, 11) is 0. The quantitative estimate of drug-likeness (QED) is 0.856. The lowest BCUT2D eigenvalue weighted by atomic mass is 10.1. The summed E-state index contributed by atoms with van der Waals surface area (Å²) in [6.07, 6.45) is 4.69. The Morgan fingerprint density at radius 3 is 3.05 bits per heavy atom. The molecular formula is C14H22N4O. The Balaban J connectivity index is 1.78. The molecule has 19 heavy (non-hydrogen) atoms. The van der Waals surface area contributed by atoms with Crippen LogP contribution in [-0.2, 0) is 0 Å². The van der Waals surface area contributed by atoms with Gasteiger partial charge in [0.25, 0.3) is 5.56 Å². The normalized spacial score (nSPS) is 23.6. The van der Waals surface area contributed by atoms with Gasteiger partial charge in [-0.25, -0.2) is 4.98 Å². The first-order chi connectivity index (χ1) is 9.26. The molecule has 1 saturated heterocycles. The van der Waals surface area contributed by atoms with E-state index in [0.717, 1.165) is 50.5 Å². The molecule has 5 heteroatoms. The number of aromatic amines is 1. The van der Waals surface area contributed by atoms with E-state index in [0.29, 0.717) is 12.0 Å². The number of hydrogen-bond acceptors (Lipinski definition) is 4. The molecule has 1 atom stereocenters. The molecule has 2 N–H and O–H groups in total. The molecule has 2 fully saturated rings. The van der Waals surface area contributed by atoms with E-state index in [1.54, 1.807) is 6.07 Å². The number of rotatable bonds is 4. The van der Waals surface area contributed by atoms with E-state index in [9.17, 15) is 4.79 Å². The van der Waals surface area contributed by atoms with Gasteiger partial charge in [-0.1, -0.05) is 6.92 Å². The van der Waals surface area contributed by atoms with Gasteiger partial charge in [0.05, 0.1) is 0 Å². The molecule has 1 aliphatic heterocycles. The maximum Gasteiger partial charge on any atom is 0.252 e. The van der Waals surface area contributed by atoms with Crippen LogP contribution >= 0.6 is 0 Å². The lowest BCUT2D eigenvalue weighted by Gasteiger charge is -2.34. The van der Waals surface area contributed by atoms with E-state index < -0.39 is 0 Å². The van der Waals surface area contributed by atoms with Crippen molar-refractivity contribution in [1.29, 1.82) is 0 Å². The molecule has 1 aromatic rings. The van der Waals surface area contributed by atoms with E-state index in [1.165, 1.54) is 6.42 Å². The summed E-state index contributed by atoms with van der Waals surface area (Å²) in [6, 6.07) is 2.16. The summed E-state index contributed by atoms with van der Waals surface area (Å²) in [6.45, 7) is 5.08. The molecule has 1 unspecified atom stereocenters. The van der Waals surface area contributed by atoms with Crippen molar-refractivity contribution >= 4 is 5.82 Å². The number of piperidine rings is 1. The minimum atomic E-state index is -0.0162. The van der Waals surface area contributed by atoms with Gasteiger partial charge in [-0.2, -0.15) is 0 Å². The average Bonchev–Trinajstić information content (AvgIpc) is 3.23. The van der Waals surface area contributed by atoms with Gasteiger partial charge >= 0.3 is 0 Å². The van der Waals surface area contributed by atoms with Crippen LogP contribution < -0.4 is 15.8 Å². The second kappa shape index (κ2) is 5.33. The largest absolute Gasteiger partial charge is 0.355 e. The third kappa shape index (κ3) is 2.97. The number of hydrogen-bond donors (Lipinski definition) is 2. The lowest BCUT2D eigenvalue weighted by Crippen LogP contribution is -2.46. The van der Waals surface area contributed by atoms with Crippen molar-refractivity contribution in [2.45, 2.75) is 44.6 Å². The van der Waals surface area contributed by atoms with E-state index in [2.05, 4.69) is 27.1 Å². The van der Waals surface area contributed by atoms with Gasteiger partial charge in [-0.15, -0.1) is 0 Å². The molecule has 0 amide bonds. The summed E-state index contributed by atoms with van der Waals surface area (Å²) >= 11 is 0. The predicted molar refractivity (Wildman–Crippen MR) is 75.7 cm³/mol. The third-order valence-corrected chi connectivity index (χ3v) is 3.95. The number of nitrogens with zero attached hydrogens (tertiary/aromatic N) is 2. The van der Waals surface area contributed by atoms with Crippen LogP contribution in [0.25, 0.3) is 0 Å². The number of likely N-dealkylation sites (N-methyl/N-ethyl adjacent to an activating group) is 1. The number of H-pyrrole nitrogens is 1. The van der Waals surface area contributed by atoms with Gasteiger partial charge in [-0.3, -0.25) is 4.79 Å². The lowest BCUT2D eigenvalue weighted by molar-refractivity contribution is 0.429. The zero-order valence-electron chi connectivity index (χ0n) is 11.5. The minimum absolute atomic E-state index is 0.0162. The fraction of sp³-hybridized carbons (Fsp3) is 0.714. The van der Waals surface area contributed by atoms with Crippen LogP contribution in [0.2, 0.25) is 0 Å². The molecule has 2 heterocycles. The zero-order chi connectivity index (χ0) is 13.2. The van der Waals surface area contributed by atoms with Crippen molar-refractivity contribution in [3.8, 4) is 0 Å². The molecular weight excluding hydrogens is 240 g/mol. The molecule has 1 aliphatic carbocycles. The highest BCUT2D eigenvalue weighted by molar-refractivity contribution is 5.39. The van der Waals surface area contributed by atoms with Crippen LogP contribution in [0.15, 0.2) is 10.9 Å². The van der Waals surface area contributed by atoms with Crippen LogP contribution in [0, 0.1) is 0 Å². The van der Waals surface area contributed by atoms with Crippen molar-refractivity contribution in [2.75, 3.05) is 24.5 Å². The van der Waals surface area contributed by atoms with E-state index in [-0.39, 0.29) is 5.56 Å². The summed E-state index contributed by atoms with van der Waals surface area (Å²) in [5.41, 5.74) is -0.0162. The fourth-order valence-corrected chi connectivity index (χ4v) is 2.82. The molecule has 0 aromatic carbocycles. The SMILES string of the molecule is CCNC1CCCN(c2cc(=O)[nH]c(C3CC3)n2)C1. The van der Waals surface area contributed by atoms with Crippen molar-refractivity contribution in [1.82, 2.24) is 15.3 Å². The summed E-state index contributed by atoms with van der Waals surface area (Å²) < 4.78 is 0. The van der Waals surface area contributed by atoms with E-state index in [4.69, 9.17) is 0 Å². The number of anilines is 1. The van der Waals surface area contributed by atoms with Crippen LogP contribution in [-0.4, -0.2) is 35.6 Å². The van der Waals surface area contributed by atoms with Gasteiger partial charge in [0.2, 0.25) is 0 Å².